The Morgan fingerprint density at radius 2 is 1.95 bits per heavy atom. The normalized spacial score (nSPS) is 10.6. The summed E-state index contributed by atoms with van der Waals surface area (Å²) in [4.78, 5) is 0. The summed E-state index contributed by atoms with van der Waals surface area (Å²) in [6.45, 7) is 0.727. The Hall–Kier alpha value is -1.65. The quantitative estimate of drug-likeness (QED) is 0.903. The molecule has 2 aromatic rings. The van der Waals surface area contributed by atoms with Gasteiger partial charge in [0.1, 0.15) is 12.4 Å². The van der Waals surface area contributed by atoms with E-state index in [1.54, 1.807) is 6.07 Å². The van der Waals surface area contributed by atoms with E-state index in [2.05, 4.69) is 5.32 Å². The van der Waals surface area contributed by atoms with Crippen molar-refractivity contribution in [1.29, 1.82) is 0 Å². The van der Waals surface area contributed by atoms with E-state index in [4.69, 9.17) is 16.3 Å². The van der Waals surface area contributed by atoms with E-state index in [1.165, 1.54) is 6.07 Å². The number of para-hydroxylation sites is 1. The molecule has 0 fully saturated rings. The van der Waals surface area contributed by atoms with E-state index in [-0.39, 0.29) is 6.61 Å². The van der Waals surface area contributed by atoms with Gasteiger partial charge >= 0.3 is 0 Å². The van der Waals surface area contributed by atoms with Crippen LogP contribution in [-0.2, 0) is 13.2 Å². The zero-order chi connectivity index (χ0) is 14.5. The van der Waals surface area contributed by atoms with Gasteiger partial charge in [-0.2, -0.15) is 0 Å². The first kappa shape index (κ1) is 14.8. The van der Waals surface area contributed by atoms with Crippen LogP contribution in [0.15, 0.2) is 36.4 Å². The molecule has 0 aliphatic carbocycles. The van der Waals surface area contributed by atoms with Crippen LogP contribution < -0.4 is 10.1 Å². The fourth-order valence-electron chi connectivity index (χ4n) is 1.83. The van der Waals surface area contributed by atoms with Crippen molar-refractivity contribution in [2.75, 3.05) is 7.05 Å². The van der Waals surface area contributed by atoms with E-state index in [1.807, 2.05) is 19.2 Å². The minimum atomic E-state index is -0.888. The van der Waals surface area contributed by atoms with E-state index >= 15 is 0 Å². The van der Waals surface area contributed by atoms with Gasteiger partial charge in [0.25, 0.3) is 0 Å². The second-order valence-electron chi connectivity index (χ2n) is 4.30. The van der Waals surface area contributed by atoms with Crippen LogP contribution in [0.1, 0.15) is 11.1 Å². The van der Waals surface area contributed by atoms with Crippen molar-refractivity contribution < 1.29 is 13.5 Å². The largest absolute Gasteiger partial charge is 0.487 e. The number of hydrogen-bond acceptors (Lipinski definition) is 2. The molecule has 0 heterocycles. The third kappa shape index (κ3) is 3.46. The van der Waals surface area contributed by atoms with Crippen LogP contribution >= 0.6 is 11.6 Å². The monoisotopic (exact) mass is 297 g/mol. The average Bonchev–Trinajstić information content (AvgIpc) is 2.42. The van der Waals surface area contributed by atoms with E-state index in [9.17, 15) is 8.78 Å². The molecule has 1 N–H and O–H groups in total. The van der Waals surface area contributed by atoms with Crippen molar-refractivity contribution in [2.24, 2.45) is 0 Å². The highest BCUT2D eigenvalue weighted by molar-refractivity contribution is 6.32. The maximum Gasteiger partial charge on any atom is 0.159 e. The van der Waals surface area contributed by atoms with Crippen molar-refractivity contribution >= 4 is 11.6 Å². The lowest BCUT2D eigenvalue weighted by atomic mass is 10.2. The lowest BCUT2D eigenvalue weighted by Crippen LogP contribution is -2.08. The lowest BCUT2D eigenvalue weighted by molar-refractivity contribution is 0.301. The first-order valence-electron chi connectivity index (χ1n) is 6.10. The summed E-state index contributed by atoms with van der Waals surface area (Å²) in [5, 5.41) is 3.50. The van der Waals surface area contributed by atoms with Gasteiger partial charge in [0.05, 0.1) is 5.02 Å². The maximum absolute atomic E-state index is 13.1. The zero-order valence-corrected chi connectivity index (χ0v) is 11.7. The van der Waals surface area contributed by atoms with Crippen LogP contribution in [-0.4, -0.2) is 7.05 Å². The summed E-state index contributed by atoms with van der Waals surface area (Å²) in [5.74, 6) is -1.21. The summed E-state index contributed by atoms with van der Waals surface area (Å²) in [6, 6.07) is 9.12. The third-order valence-corrected chi connectivity index (χ3v) is 3.08. The molecular formula is C15H14ClF2NO. The second kappa shape index (κ2) is 6.68. The summed E-state index contributed by atoms with van der Waals surface area (Å²) in [7, 11) is 1.82. The number of hydrogen-bond donors (Lipinski definition) is 1. The van der Waals surface area contributed by atoms with E-state index < -0.39 is 11.6 Å². The second-order valence-corrected chi connectivity index (χ2v) is 4.70. The fourth-order valence-corrected chi connectivity index (χ4v) is 2.08. The number of ether oxygens (including phenoxy) is 1. The van der Waals surface area contributed by atoms with Gasteiger partial charge in [-0.15, -0.1) is 0 Å². The molecule has 0 amide bonds. The molecule has 2 aromatic carbocycles. The van der Waals surface area contributed by atoms with Gasteiger partial charge in [-0.25, -0.2) is 8.78 Å². The standard InChI is InChI=1S/C15H14ClF2NO/c1-19-8-11-3-2-4-12(16)15(11)20-9-10-5-6-13(17)14(18)7-10/h2-7,19H,8-9H2,1H3. The average molecular weight is 298 g/mol. The molecule has 0 spiro atoms. The van der Waals surface area contributed by atoms with Crippen molar-refractivity contribution in [2.45, 2.75) is 13.2 Å². The van der Waals surface area contributed by atoms with Gasteiger partial charge in [0.2, 0.25) is 0 Å². The fraction of sp³-hybridized carbons (Fsp3) is 0.200. The van der Waals surface area contributed by atoms with Crippen LogP contribution in [0.2, 0.25) is 5.02 Å². The van der Waals surface area contributed by atoms with Gasteiger partial charge in [-0.1, -0.05) is 29.8 Å². The lowest BCUT2D eigenvalue weighted by Gasteiger charge is -2.13. The van der Waals surface area contributed by atoms with Crippen molar-refractivity contribution in [3.63, 3.8) is 0 Å². The smallest absolute Gasteiger partial charge is 0.159 e. The van der Waals surface area contributed by atoms with Crippen LogP contribution in [0.5, 0.6) is 5.75 Å². The Morgan fingerprint density at radius 1 is 1.15 bits per heavy atom. The van der Waals surface area contributed by atoms with Crippen molar-refractivity contribution in [1.82, 2.24) is 5.32 Å². The summed E-state index contributed by atoms with van der Waals surface area (Å²) >= 11 is 6.10. The Bertz CT molecular complexity index is 604. The highest BCUT2D eigenvalue weighted by Crippen LogP contribution is 2.29. The molecule has 0 saturated carbocycles. The molecule has 0 aliphatic heterocycles. The SMILES string of the molecule is CNCc1cccc(Cl)c1OCc1ccc(F)c(F)c1. The number of rotatable bonds is 5. The van der Waals surface area contributed by atoms with Gasteiger partial charge < -0.3 is 10.1 Å². The minimum absolute atomic E-state index is 0.123. The predicted molar refractivity (Wildman–Crippen MR) is 74.9 cm³/mol. The molecule has 0 unspecified atom stereocenters. The number of halogens is 3. The molecule has 0 radical (unpaired) electrons. The highest BCUT2D eigenvalue weighted by atomic mass is 35.5. The predicted octanol–water partition coefficient (Wildman–Crippen LogP) is 3.92. The molecule has 5 heteroatoms. The van der Waals surface area contributed by atoms with Crippen molar-refractivity contribution in [3.8, 4) is 5.75 Å². The van der Waals surface area contributed by atoms with Gasteiger partial charge in [0.15, 0.2) is 11.6 Å². The van der Waals surface area contributed by atoms with Crippen LogP contribution in [0, 0.1) is 11.6 Å². The molecule has 0 atom stereocenters. The first-order chi connectivity index (χ1) is 9.61. The van der Waals surface area contributed by atoms with Gasteiger partial charge in [0, 0.05) is 12.1 Å². The molecule has 20 heavy (non-hydrogen) atoms. The van der Waals surface area contributed by atoms with Crippen LogP contribution in [0.3, 0.4) is 0 Å². The molecule has 0 aromatic heterocycles. The first-order valence-corrected chi connectivity index (χ1v) is 6.48. The van der Waals surface area contributed by atoms with Gasteiger partial charge in [-0.3, -0.25) is 0 Å². The minimum Gasteiger partial charge on any atom is -0.487 e. The Morgan fingerprint density at radius 3 is 2.65 bits per heavy atom. The molecule has 106 valence electrons. The molecule has 2 rings (SSSR count). The molecule has 2 nitrogen and oxygen atoms in total. The summed E-state index contributed by atoms with van der Waals surface area (Å²) in [6.07, 6.45) is 0. The molecule has 0 aliphatic rings. The molecule has 0 saturated heterocycles. The Balaban J connectivity index is 2.15. The van der Waals surface area contributed by atoms with Crippen LogP contribution in [0.4, 0.5) is 8.78 Å². The van der Waals surface area contributed by atoms with Crippen molar-refractivity contribution in [3.05, 3.63) is 64.2 Å². The van der Waals surface area contributed by atoms with E-state index in [0.29, 0.717) is 22.9 Å². The van der Waals surface area contributed by atoms with Gasteiger partial charge in [-0.05, 0) is 30.8 Å². The number of nitrogens with one attached hydrogen (secondary N) is 1. The molecule has 0 bridgehead atoms. The molecular weight excluding hydrogens is 284 g/mol. The Labute approximate surface area is 121 Å². The third-order valence-electron chi connectivity index (χ3n) is 2.78. The maximum atomic E-state index is 13.1. The topological polar surface area (TPSA) is 21.3 Å². The summed E-state index contributed by atoms with van der Waals surface area (Å²) in [5.41, 5.74) is 1.45. The Kier molecular flexibility index (Phi) is 4.93. The van der Waals surface area contributed by atoms with Crippen LogP contribution in [0.25, 0.3) is 0 Å². The highest BCUT2D eigenvalue weighted by Gasteiger charge is 2.09. The zero-order valence-electron chi connectivity index (χ0n) is 10.9. The number of benzene rings is 2. The summed E-state index contributed by atoms with van der Waals surface area (Å²) < 4.78 is 31.6. The van der Waals surface area contributed by atoms with E-state index in [0.717, 1.165) is 17.7 Å².